The Labute approximate surface area is 164 Å². The lowest BCUT2D eigenvalue weighted by molar-refractivity contribution is 0.415. The number of methoxy groups -OCH3 is 1. The molecule has 1 fully saturated rings. The molecular weight excluding hydrogens is 352 g/mol. The third-order valence-electron chi connectivity index (χ3n) is 4.65. The van der Waals surface area contributed by atoms with Crippen LogP contribution in [0.5, 0.6) is 5.75 Å². The molecule has 3 aromatic rings. The van der Waals surface area contributed by atoms with Gasteiger partial charge >= 0.3 is 0 Å². The van der Waals surface area contributed by atoms with Gasteiger partial charge in [-0.3, -0.25) is 0 Å². The molecule has 0 spiro atoms. The summed E-state index contributed by atoms with van der Waals surface area (Å²) in [7, 11) is 1.65. The molecule has 1 aromatic heterocycles. The highest BCUT2D eigenvalue weighted by Gasteiger charge is 2.17. The number of nitrogens with zero attached hydrogens (tertiary/aromatic N) is 4. The van der Waals surface area contributed by atoms with E-state index in [2.05, 4.69) is 49.5 Å². The van der Waals surface area contributed by atoms with E-state index in [0.717, 1.165) is 43.1 Å². The molecule has 4 rings (SSSR count). The summed E-state index contributed by atoms with van der Waals surface area (Å²) in [6.45, 7) is 3.99. The molecule has 2 N–H and O–H groups in total. The molecule has 0 bridgehead atoms. The lowest BCUT2D eigenvalue weighted by Crippen LogP contribution is -2.21. The van der Waals surface area contributed by atoms with Gasteiger partial charge in [0.25, 0.3) is 0 Å². The summed E-state index contributed by atoms with van der Waals surface area (Å²) < 4.78 is 5.30. The number of ether oxygens (including phenoxy) is 1. The molecule has 0 radical (unpaired) electrons. The summed E-state index contributed by atoms with van der Waals surface area (Å²) in [6.07, 6.45) is 2.32. The molecule has 7 nitrogen and oxygen atoms in total. The zero-order valence-corrected chi connectivity index (χ0v) is 16.1. The Hall–Kier alpha value is -3.35. The van der Waals surface area contributed by atoms with Gasteiger partial charge in [0, 0.05) is 30.5 Å². The summed E-state index contributed by atoms with van der Waals surface area (Å²) in [6, 6.07) is 15.8. The van der Waals surface area contributed by atoms with Crippen LogP contribution in [0.15, 0.2) is 48.5 Å². The van der Waals surface area contributed by atoms with E-state index in [1.807, 2.05) is 36.4 Å². The molecule has 2 aromatic carbocycles. The number of aromatic nitrogens is 3. The highest BCUT2D eigenvalue weighted by atomic mass is 16.5. The van der Waals surface area contributed by atoms with Gasteiger partial charge < -0.3 is 20.3 Å². The highest BCUT2D eigenvalue weighted by Crippen LogP contribution is 2.24. The molecule has 144 valence electrons. The van der Waals surface area contributed by atoms with Crippen LogP contribution in [0.4, 0.5) is 29.2 Å². The fraction of sp³-hybridized carbons (Fsp3) is 0.286. The van der Waals surface area contributed by atoms with Crippen molar-refractivity contribution in [2.75, 3.05) is 35.7 Å². The smallest absolute Gasteiger partial charge is 0.233 e. The number of hydrogen-bond donors (Lipinski definition) is 2. The van der Waals surface area contributed by atoms with Crippen molar-refractivity contribution in [2.45, 2.75) is 19.8 Å². The molecule has 2 heterocycles. The summed E-state index contributed by atoms with van der Waals surface area (Å²) in [5.41, 5.74) is 3.01. The molecule has 28 heavy (non-hydrogen) atoms. The standard InChI is InChI=1S/C21H24N6O/c1-15-8-10-16(11-9-15)22-19-24-20(23-17-6-5-7-18(14-17)28-2)26-21(25-19)27-12-3-4-13-27/h5-11,14H,3-4,12-13H2,1-2H3,(H2,22,23,24,25,26). The van der Waals surface area contributed by atoms with Crippen LogP contribution in [0.1, 0.15) is 18.4 Å². The van der Waals surface area contributed by atoms with Gasteiger partial charge in [-0.2, -0.15) is 15.0 Å². The summed E-state index contributed by atoms with van der Waals surface area (Å²) in [4.78, 5) is 16.0. The molecule has 1 saturated heterocycles. The minimum absolute atomic E-state index is 0.500. The van der Waals surface area contributed by atoms with Crippen molar-refractivity contribution in [2.24, 2.45) is 0 Å². The van der Waals surface area contributed by atoms with E-state index in [-0.39, 0.29) is 0 Å². The van der Waals surface area contributed by atoms with Gasteiger partial charge in [-0.15, -0.1) is 0 Å². The van der Waals surface area contributed by atoms with Crippen LogP contribution in [-0.2, 0) is 0 Å². The van der Waals surface area contributed by atoms with Gasteiger partial charge in [0.05, 0.1) is 7.11 Å². The SMILES string of the molecule is COc1cccc(Nc2nc(Nc3ccc(C)cc3)nc(N3CCCC3)n2)c1. The van der Waals surface area contributed by atoms with E-state index >= 15 is 0 Å². The Morgan fingerprint density at radius 1 is 0.857 bits per heavy atom. The van der Waals surface area contributed by atoms with Crippen LogP contribution in [-0.4, -0.2) is 35.2 Å². The highest BCUT2D eigenvalue weighted by molar-refractivity contribution is 5.60. The van der Waals surface area contributed by atoms with Crippen molar-refractivity contribution in [3.8, 4) is 5.75 Å². The Bertz CT molecular complexity index is 938. The Balaban J connectivity index is 1.63. The zero-order valence-electron chi connectivity index (χ0n) is 16.1. The summed E-state index contributed by atoms with van der Waals surface area (Å²) >= 11 is 0. The van der Waals surface area contributed by atoms with Gasteiger partial charge in [-0.1, -0.05) is 23.8 Å². The Morgan fingerprint density at radius 3 is 2.21 bits per heavy atom. The van der Waals surface area contributed by atoms with Crippen molar-refractivity contribution in [1.82, 2.24) is 15.0 Å². The lowest BCUT2D eigenvalue weighted by Gasteiger charge is -2.17. The second kappa shape index (κ2) is 8.12. The van der Waals surface area contributed by atoms with Crippen LogP contribution in [0.2, 0.25) is 0 Å². The maximum Gasteiger partial charge on any atom is 0.233 e. The molecular formula is C21H24N6O. The number of hydrogen-bond acceptors (Lipinski definition) is 7. The third-order valence-corrected chi connectivity index (χ3v) is 4.65. The maximum absolute atomic E-state index is 5.30. The first-order chi connectivity index (χ1) is 13.7. The van der Waals surface area contributed by atoms with Crippen LogP contribution in [0.25, 0.3) is 0 Å². The minimum Gasteiger partial charge on any atom is -0.497 e. The van der Waals surface area contributed by atoms with Gasteiger partial charge in [-0.25, -0.2) is 0 Å². The minimum atomic E-state index is 0.500. The maximum atomic E-state index is 5.30. The van der Waals surface area contributed by atoms with Crippen molar-refractivity contribution in [3.63, 3.8) is 0 Å². The topological polar surface area (TPSA) is 75.2 Å². The number of nitrogens with one attached hydrogen (secondary N) is 2. The van der Waals surface area contributed by atoms with E-state index in [1.165, 1.54) is 5.56 Å². The van der Waals surface area contributed by atoms with E-state index in [1.54, 1.807) is 7.11 Å². The molecule has 0 saturated carbocycles. The van der Waals surface area contributed by atoms with E-state index in [9.17, 15) is 0 Å². The normalized spacial score (nSPS) is 13.4. The van der Waals surface area contributed by atoms with E-state index < -0.39 is 0 Å². The van der Waals surface area contributed by atoms with Crippen molar-refractivity contribution in [1.29, 1.82) is 0 Å². The van der Waals surface area contributed by atoms with Crippen LogP contribution < -0.4 is 20.3 Å². The Kier molecular flexibility index (Phi) is 5.23. The second-order valence-electron chi connectivity index (χ2n) is 6.82. The molecule has 1 aliphatic heterocycles. The summed E-state index contributed by atoms with van der Waals surface area (Å²) in [5, 5.41) is 6.56. The fourth-order valence-corrected chi connectivity index (χ4v) is 3.13. The molecule has 1 aliphatic rings. The van der Waals surface area contributed by atoms with Gasteiger partial charge in [0.1, 0.15) is 5.75 Å². The quantitative estimate of drug-likeness (QED) is 0.665. The van der Waals surface area contributed by atoms with Crippen LogP contribution in [0.3, 0.4) is 0 Å². The van der Waals surface area contributed by atoms with Crippen molar-refractivity contribution < 1.29 is 4.74 Å². The van der Waals surface area contributed by atoms with E-state index in [0.29, 0.717) is 17.8 Å². The molecule has 0 amide bonds. The molecule has 7 heteroatoms. The summed E-state index contributed by atoms with van der Waals surface area (Å²) in [5.74, 6) is 2.48. The van der Waals surface area contributed by atoms with Gasteiger partial charge in [0.15, 0.2) is 0 Å². The van der Waals surface area contributed by atoms with Crippen LogP contribution >= 0.6 is 0 Å². The first-order valence-electron chi connectivity index (χ1n) is 9.45. The van der Waals surface area contributed by atoms with E-state index in [4.69, 9.17) is 4.74 Å². The fourth-order valence-electron chi connectivity index (χ4n) is 3.13. The van der Waals surface area contributed by atoms with Crippen LogP contribution in [0, 0.1) is 6.92 Å². The second-order valence-corrected chi connectivity index (χ2v) is 6.82. The lowest BCUT2D eigenvalue weighted by atomic mass is 10.2. The monoisotopic (exact) mass is 376 g/mol. The number of anilines is 5. The predicted octanol–water partition coefficient (Wildman–Crippen LogP) is 4.28. The Morgan fingerprint density at radius 2 is 1.54 bits per heavy atom. The van der Waals surface area contributed by atoms with Crippen molar-refractivity contribution in [3.05, 3.63) is 54.1 Å². The predicted molar refractivity (Wildman–Crippen MR) is 112 cm³/mol. The first-order valence-corrected chi connectivity index (χ1v) is 9.45. The average Bonchev–Trinajstić information content (AvgIpc) is 3.25. The number of aryl methyl sites for hydroxylation is 1. The van der Waals surface area contributed by atoms with Gasteiger partial charge in [0.2, 0.25) is 17.8 Å². The first kappa shape index (κ1) is 18.0. The number of benzene rings is 2. The number of rotatable bonds is 6. The molecule has 0 atom stereocenters. The third kappa shape index (κ3) is 4.31. The zero-order chi connectivity index (χ0) is 19.3. The molecule has 0 aliphatic carbocycles. The van der Waals surface area contributed by atoms with Gasteiger partial charge in [-0.05, 0) is 44.0 Å². The largest absolute Gasteiger partial charge is 0.497 e. The molecule has 0 unspecified atom stereocenters. The average molecular weight is 376 g/mol. The van der Waals surface area contributed by atoms with Crippen molar-refractivity contribution >= 4 is 29.2 Å².